The van der Waals surface area contributed by atoms with Crippen LogP contribution in [-0.4, -0.2) is 36.0 Å². The number of nitrogens with one attached hydrogen (secondary N) is 1. The van der Waals surface area contributed by atoms with Gasteiger partial charge in [-0.05, 0) is 36.5 Å². The minimum Gasteiger partial charge on any atom is -0.353 e. The Morgan fingerprint density at radius 1 is 1.38 bits per heavy atom. The van der Waals surface area contributed by atoms with Crippen LogP contribution in [0, 0.1) is 0 Å². The van der Waals surface area contributed by atoms with Gasteiger partial charge >= 0.3 is 0 Å². The van der Waals surface area contributed by atoms with Crippen molar-refractivity contribution in [1.29, 1.82) is 0 Å². The summed E-state index contributed by atoms with van der Waals surface area (Å²) in [6.45, 7) is 0. The van der Waals surface area contributed by atoms with Crippen LogP contribution in [0.2, 0.25) is 5.02 Å². The number of fused-ring (bicyclic) bond motifs is 1. The molecule has 0 unspecified atom stereocenters. The maximum Gasteiger partial charge on any atom is 0.224 e. The number of amides is 1. The summed E-state index contributed by atoms with van der Waals surface area (Å²) < 4.78 is 0. The summed E-state index contributed by atoms with van der Waals surface area (Å²) in [6.07, 6.45) is 4.71. The Hall–Kier alpha value is -2.14. The molecular weight excluding hydrogens is 324 g/mol. The molecule has 24 heavy (non-hydrogen) atoms. The standard InChI is InChI=1S/C18H21ClN4O/c1-23(2)18-20-11-13-9-14(7-8-16(13)22-18)21-17(24)10-12-5-3-4-6-15(12)19/h3-6,11,14H,7-10H2,1-2H3,(H,21,24)/t14-/m0/s1. The molecule has 1 amide bonds. The van der Waals surface area contributed by atoms with E-state index < -0.39 is 0 Å². The number of anilines is 1. The highest BCUT2D eigenvalue weighted by atomic mass is 35.5. The van der Waals surface area contributed by atoms with E-state index in [0.29, 0.717) is 11.4 Å². The van der Waals surface area contributed by atoms with Crippen LogP contribution in [0.15, 0.2) is 30.5 Å². The van der Waals surface area contributed by atoms with Crippen molar-refractivity contribution in [1.82, 2.24) is 15.3 Å². The third-order valence-corrected chi connectivity index (χ3v) is 4.58. The molecule has 0 aliphatic heterocycles. The first kappa shape index (κ1) is 16.7. The zero-order valence-electron chi connectivity index (χ0n) is 13.9. The number of aromatic nitrogens is 2. The Morgan fingerprint density at radius 2 is 2.17 bits per heavy atom. The third kappa shape index (κ3) is 3.85. The molecule has 0 saturated carbocycles. The Bertz CT molecular complexity index is 748. The normalized spacial score (nSPS) is 16.4. The van der Waals surface area contributed by atoms with E-state index in [1.54, 1.807) is 6.07 Å². The predicted molar refractivity (Wildman–Crippen MR) is 95.5 cm³/mol. The second-order valence-electron chi connectivity index (χ2n) is 6.31. The molecule has 1 atom stereocenters. The van der Waals surface area contributed by atoms with Crippen molar-refractivity contribution in [2.75, 3.05) is 19.0 Å². The molecule has 1 aromatic carbocycles. The summed E-state index contributed by atoms with van der Waals surface area (Å²) in [6, 6.07) is 7.57. The lowest BCUT2D eigenvalue weighted by atomic mass is 9.92. The molecule has 0 fully saturated rings. The van der Waals surface area contributed by atoms with E-state index in [0.717, 1.165) is 42.0 Å². The van der Waals surface area contributed by atoms with Crippen LogP contribution < -0.4 is 10.2 Å². The minimum atomic E-state index is 0.00220. The molecule has 1 heterocycles. The van der Waals surface area contributed by atoms with E-state index in [1.165, 1.54) is 0 Å². The fourth-order valence-corrected chi connectivity index (χ4v) is 3.13. The molecule has 1 N–H and O–H groups in total. The van der Waals surface area contributed by atoms with Gasteiger partial charge in [-0.1, -0.05) is 29.8 Å². The van der Waals surface area contributed by atoms with Crippen molar-refractivity contribution in [2.45, 2.75) is 31.7 Å². The number of nitrogens with zero attached hydrogens (tertiary/aromatic N) is 3. The first-order valence-electron chi connectivity index (χ1n) is 8.08. The van der Waals surface area contributed by atoms with Crippen LogP contribution in [0.5, 0.6) is 0 Å². The van der Waals surface area contributed by atoms with Crippen molar-refractivity contribution in [3.63, 3.8) is 0 Å². The lowest BCUT2D eigenvalue weighted by molar-refractivity contribution is -0.121. The smallest absolute Gasteiger partial charge is 0.224 e. The van der Waals surface area contributed by atoms with Crippen molar-refractivity contribution in [2.24, 2.45) is 0 Å². The van der Waals surface area contributed by atoms with Gasteiger partial charge in [0.1, 0.15) is 0 Å². The molecular formula is C18H21ClN4O. The number of hydrogen-bond donors (Lipinski definition) is 1. The average molecular weight is 345 g/mol. The number of carbonyl (C=O) groups excluding carboxylic acids is 1. The van der Waals surface area contributed by atoms with E-state index >= 15 is 0 Å². The first-order chi connectivity index (χ1) is 11.5. The first-order valence-corrected chi connectivity index (χ1v) is 8.45. The largest absolute Gasteiger partial charge is 0.353 e. The highest BCUT2D eigenvalue weighted by Gasteiger charge is 2.22. The Morgan fingerprint density at radius 3 is 2.92 bits per heavy atom. The van der Waals surface area contributed by atoms with Crippen LogP contribution in [-0.2, 0) is 24.1 Å². The zero-order chi connectivity index (χ0) is 17.1. The van der Waals surface area contributed by atoms with Gasteiger partial charge in [0, 0.05) is 37.1 Å². The SMILES string of the molecule is CN(C)c1ncc2c(n1)CC[C@H](NC(=O)Cc1ccccc1Cl)C2. The van der Waals surface area contributed by atoms with Crippen LogP contribution in [0.4, 0.5) is 5.95 Å². The molecule has 0 spiro atoms. The van der Waals surface area contributed by atoms with Crippen molar-refractivity contribution in [3.05, 3.63) is 52.3 Å². The lowest BCUT2D eigenvalue weighted by Gasteiger charge is -2.25. The van der Waals surface area contributed by atoms with Gasteiger partial charge in [0.25, 0.3) is 0 Å². The second-order valence-corrected chi connectivity index (χ2v) is 6.72. The zero-order valence-corrected chi connectivity index (χ0v) is 14.7. The van der Waals surface area contributed by atoms with Crippen molar-refractivity contribution >= 4 is 23.5 Å². The Kier molecular flexibility index (Phi) is 5.00. The Labute approximate surface area is 147 Å². The number of halogens is 1. The van der Waals surface area contributed by atoms with Crippen LogP contribution in [0.25, 0.3) is 0 Å². The molecule has 1 aromatic heterocycles. The third-order valence-electron chi connectivity index (χ3n) is 4.21. The van der Waals surface area contributed by atoms with E-state index in [-0.39, 0.29) is 11.9 Å². The van der Waals surface area contributed by atoms with Crippen molar-refractivity contribution in [3.8, 4) is 0 Å². The summed E-state index contributed by atoms with van der Waals surface area (Å²) in [4.78, 5) is 23.1. The fourth-order valence-electron chi connectivity index (χ4n) is 2.93. The van der Waals surface area contributed by atoms with Crippen LogP contribution in [0.1, 0.15) is 23.2 Å². The van der Waals surface area contributed by atoms with Gasteiger partial charge in [-0.3, -0.25) is 4.79 Å². The molecule has 2 aromatic rings. The molecule has 0 saturated heterocycles. The van der Waals surface area contributed by atoms with E-state index in [9.17, 15) is 4.79 Å². The van der Waals surface area contributed by atoms with E-state index in [2.05, 4.69) is 15.3 Å². The summed E-state index contributed by atoms with van der Waals surface area (Å²) in [5.41, 5.74) is 3.06. The van der Waals surface area contributed by atoms with Crippen molar-refractivity contribution < 1.29 is 4.79 Å². The lowest BCUT2D eigenvalue weighted by Crippen LogP contribution is -2.40. The number of hydrogen-bond acceptors (Lipinski definition) is 4. The maximum atomic E-state index is 12.3. The minimum absolute atomic E-state index is 0.00220. The van der Waals surface area contributed by atoms with Gasteiger partial charge in [-0.2, -0.15) is 0 Å². The highest BCUT2D eigenvalue weighted by molar-refractivity contribution is 6.31. The summed E-state index contributed by atoms with van der Waals surface area (Å²) in [7, 11) is 3.87. The number of carbonyl (C=O) groups is 1. The van der Waals surface area contributed by atoms with E-state index in [1.807, 2.05) is 43.4 Å². The quantitative estimate of drug-likeness (QED) is 0.925. The molecule has 0 bridgehead atoms. The second kappa shape index (κ2) is 7.18. The molecule has 1 aliphatic rings. The van der Waals surface area contributed by atoms with Crippen LogP contribution in [0.3, 0.4) is 0 Å². The molecule has 1 aliphatic carbocycles. The number of benzene rings is 1. The molecule has 0 radical (unpaired) electrons. The van der Waals surface area contributed by atoms with Gasteiger partial charge in [-0.15, -0.1) is 0 Å². The number of rotatable bonds is 4. The summed E-state index contributed by atoms with van der Waals surface area (Å²) in [5, 5.41) is 3.74. The van der Waals surface area contributed by atoms with Gasteiger partial charge in [0.05, 0.1) is 6.42 Å². The summed E-state index contributed by atoms with van der Waals surface area (Å²) >= 11 is 6.12. The summed E-state index contributed by atoms with van der Waals surface area (Å²) in [5.74, 6) is 0.734. The van der Waals surface area contributed by atoms with Crippen LogP contribution >= 0.6 is 11.6 Å². The van der Waals surface area contributed by atoms with Gasteiger partial charge in [-0.25, -0.2) is 9.97 Å². The maximum absolute atomic E-state index is 12.3. The Balaban J connectivity index is 1.61. The van der Waals surface area contributed by atoms with Gasteiger partial charge < -0.3 is 10.2 Å². The topological polar surface area (TPSA) is 58.1 Å². The fraction of sp³-hybridized carbons (Fsp3) is 0.389. The monoisotopic (exact) mass is 344 g/mol. The predicted octanol–water partition coefficient (Wildman–Crippen LogP) is 2.41. The van der Waals surface area contributed by atoms with Gasteiger partial charge in [0.15, 0.2) is 0 Å². The highest BCUT2D eigenvalue weighted by Crippen LogP contribution is 2.21. The van der Waals surface area contributed by atoms with E-state index in [4.69, 9.17) is 11.6 Å². The molecule has 5 nitrogen and oxygen atoms in total. The molecule has 6 heteroatoms. The van der Waals surface area contributed by atoms with Gasteiger partial charge in [0.2, 0.25) is 11.9 Å². The number of aryl methyl sites for hydroxylation is 1. The molecule has 3 rings (SSSR count). The molecule has 126 valence electrons. The average Bonchev–Trinajstić information content (AvgIpc) is 2.56.